The molecule has 2 heterocycles. The van der Waals surface area contributed by atoms with Crippen molar-refractivity contribution in [1.29, 1.82) is 0 Å². The number of aromatic nitrogens is 3. The lowest BCUT2D eigenvalue weighted by Crippen LogP contribution is -2.18. The number of hydrogen-bond donors (Lipinski definition) is 1. The maximum absolute atomic E-state index is 13.0. The molecule has 0 aromatic carbocycles. The molecule has 0 radical (unpaired) electrons. The van der Waals surface area contributed by atoms with Gasteiger partial charge in [0.05, 0.1) is 17.9 Å². The van der Waals surface area contributed by atoms with Gasteiger partial charge in [0.2, 0.25) is 0 Å². The molecule has 0 aliphatic rings. The lowest BCUT2D eigenvalue weighted by molar-refractivity contribution is 0.605. The van der Waals surface area contributed by atoms with Crippen molar-refractivity contribution in [3.8, 4) is 0 Å². The molecule has 0 amide bonds. The van der Waals surface area contributed by atoms with Crippen molar-refractivity contribution in [2.45, 2.75) is 6.04 Å². The quantitative estimate of drug-likeness (QED) is 0.855. The van der Waals surface area contributed by atoms with E-state index in [1.54, 1.807) is 13.2 Å². The Balaban J connectivity index is 2.35. The van der Waals surface area contributed by atoms with Crippen molar-refractivity contribution in [3.05, 3.63) is 40.9 Å². The molecule has 0 bridgehead atoms. The van der Waals surface area contributed by atoms with Gasteiger partial charge in [-0.1, -0.05) is 4.49 Å². The summed E-state index contributed by atoms with van der Waals surface area (Å²) in [7, 11) is 1.79. The van der Waals surface area contributed by atoms with Crippen LogP contribution < -0.4 is 5.32 Å². The highest BCUT2D eigenvalue weighted by Crippen LogP contribution is 2.20. The van der Waals surface area contributed by atoms with Gasteiger partial charge in [-0.05, 0) is 30.2 Å². The van der Waals surface area contributed by atoms with E-state index in [1.165, 1.54) is 23.8 Å². The van der Waals surface area contributed by atoms with E-state index in [4.69, 9.17) is 0 Å². The second-order valence-corrected chi connectivity index (χ2v) is 3.60. The standard InChI is InChI=1S/C9H9FN4S/c1-11-9(8-5-15-14-13-8)6-2-7(10)4-12-3-6/h2-5,9,11H,1H3. The van der Waals surface area contributed by atoms with Gasteiger partial charge in [-0.3, -0.25) is 4.98 Å². The summed E-state index contributed by atoms with van der Waals surface area (Å²) < 4.78 is 16.8. The molecule has 0 aliphatic heterocycles. The smallest absolute Gasteiger partial charge is 0.141 e. The van der Waals surface area contributed by atoms with Crippen molar-refractivity contribution < 1.29 is 4.39 Å². The van der Waals surface area contributed by atoms with Gasteiger partial charge in [0.25, 0.3) is 0 Å². The van der Waals surface area contributed by atoms with Crippen molar-refractivity contribution in [1.82, 2.24) is 19.9 Å². The predicted octanol–water partition coefficient (Wildman–Crippen LogP) is 1.38. The number of rotatable bonds is 3. The topological polar surface area (TPSA) is 50.7 Å². The second kappa shape index (κ2) is 4.41. The Morgan fingerprint density at radius 1 is 1.47 bits per heavy atom. The summed E-state index contributed by atoms with van der Waals surface area (Å²) in [5.41, 5.74) is 1.51. The molecule has 0 saturated carbocycles. The van der Waals surface area contributed by atoms with Crippen LogP contribution in [-0.2, 0) is 0 Å². The van der Waals surface area contributed by atoms with Crippen LogP contribution in [-0.4, -0.2) is 21.6 Å². The van der Waals surface area contributed by atoms with E-state index in [2.05, 4.69) is 19.9 Å². The molecular weight excluding hydrogens is 215 g/mol. The average molecular weight is 224 g/mol. The molecule has 0 saturated heterocycles. The van der Waals surface area contributed by atoms with E-state index in [0.29, 0.717) is 0 Å². The molecule has 6 heteroatoms. The Kier molecular flexibility index (Phi) is 2.98. The highest BCUT2D eigenvalue weighted by molar-refractivity contribution is 7.03. The van der Waals surface area contributed by atoms with Crippen molar-refractivity contribution in [2.24, 2.45) is 0 Å². The third-order valence-corrected chi connectivity index (χ3v) is 2.54. The fourth-order valence-electron chi connectivity index (χ4n) is 1.37. The Morgan fingerprint density at radius 2 is 2.33 bits per heavy atom. The highest BCUT2D eigenvalue weighted by atomic mass is 32.1. The van der Waals surface area contributed by atoms with Crippen LogP contribution in [0.2, 0.25) is 0 Å². The first kappa shape index (κ1) is 10.1. The Labute approximate surface area is 90.3 Å². The molecular formula is C9H9FN4S. The number of nitrogens with zero attached hydrogens (tertiary/aromatic N) is 3. The molecule has 1 unspecified atom stereocenters. The van der Waals surface area contributed by atoms with Crippen LogP contribution in [0.3, 0.4) is 0 Å². The molecule has 0 fully saturated rings. The van der Waals surface area contributed by atoms with Gasteiger partial charge in [0, 0.05) is 11.6 Å². The summed E-state index contributed by atoms with van der Waals surface area (Å²) in [5, 5.41) is 8.82. The molecule has 2 rings (SSSR count). The Bertz CT molecular complexity index is 431. The lowest BCUT2D eigenvalue weighted by Gasteiger charge is -2.12. The minimum atomic E-state index is -0.351. The van der Waals surface area contributed by atoms with Crippen molar-refractivity contribution in [3.63, 3.8) is 0 Å². The monoisotopic (exact) mass is 224 g/mol. The van der Waals surface area contributed by atoms with E-state index < -0.39 is 0 Å². The second-order valence-electron chi connectivity index (χ2n) is 2.99. The summed E-state index contributed by atoms with van der Waals surface area (Å²) in [6, 6.07) is 1.28. The molecule has 0 spiro atoms. The third kappa shape index (κ3) is 2.16. The average Bonchev–Trinajstić information content (AvgIpc) is 2.72. The van der Waals surface area contributed by atoms with E-state index in [9.17, 15) is 4.39 Å². The molecule has 0 aliphatic carbocycles. The molecule has 15 heavy (non-hydrogen) atoms. The van der Waals surface area contributed by atoms with Crippen LogP contribution in [0.4, 0.5) is 4.39 Å². The van der Waals surface area contributed by atoms with E-state index >= 15 is 0 Å². The van der Waals surface area contributed by atoms with Crippen LogP contribution in [0.25, 0.3) is 0 Å². The summed E-state index contributed by atoms with van der Waals surface area (Å²) >= 11 is 1.27. The predicted molar refractivity (Wildman–Crippen MR) is 55.0 cm³/mol. The van der Waals surface area contributed by atoms with Gasteiger partial charge >= 0.3 is 0 Å². The normalized spacial score (nSPS) is 12.7. The van der Waals surface area contributed by atoms with Gasteiger partial charge in [-0.15, -0.1) is 5.10 Å². The minimum Gasteiger partial charge on any atom is -0.308 e. The fourth-order valence-corrected chi connectivity index (χ4v) is 1.85. The molecule has 78 valence electrons. The van der Waals surface area contributed by atoms with E-state index in [-0.39, 0.29) is 11.9 Å². The third-order valence-electron chi connectivity index (χ3n) is 2.02. The van der Waals surface area contributed by atoms with Crippen LogP contribution >= 0.6 is 11.5 Å². The number of hydrogen-bond acceptors (Lipinski definition) is 5. The lowest BCUT2D eigenvalue weighted by atomic mass is 10.1. The zero-order valence-electron chi connectivity index (χ0n) is 8.01. The van der Waals surface area contributed by atoms with Crippen molar-refractivity contribution in [2.75, 3.05) is 7.05 Å². The molecule has 2 aromatic rings. The maximum Gasteiger partial charge on any atom is 0.141 e. The fraction of sp³-hybridized carbons (Fsp3) is 0.222. The first-order valence-corrected chi connectivity index (χ1v) is 5.19. The van der Waals surface area contributed by atoms with Gasteiger partial charge < -0.3 is 5.32 Å². The summed E-state index contributed by atoms with van der Waals surface area (Å²) in [5.74, 6) is -0.351. The molecule has 2 aromatic heterocycles. The summed E-state index contributed by atoms with van der Waals surface area (Å²) in [6.45, 7) is 0. The summed E-state index contributed by atoms with van der Waals surface area (Å²) in [4.78, 5) is 3.80. The Hall–Kier alpha value is -1.40. The van der Waals surface area contributed by atoms with Gasteiger partial charge in [0.15, 0.2) is 0 Å². The zero-order valence-corrected chi connectivity index (χ0v) is 8.83. The van der Waals surface area contributed by atoms with Crippen LogP contribution in [0.5, 0.6) is 0 Å². The molecule has 4 nitrogen and oxygen atoms in total. The minimum absolute atomic E-state index is 0.160. The van der Waals surface area contributed by atoms with E-state index in [1.807, 2.05) is 5.38 Å². The maximum atomic E-state index is 13.0. The summed E-state index contributed by atoms with van der Waals surface area (Å²) in [6.07, 6.45) is 2.79. The van der Waals surface area contributed by atoms with Gasteiger partial charge in [-0.25, -0.2) is 4.39 Å². The first-order valence-electron chi connectivity index (χ1n) is 4.36. The zero-order chi connectivity index (χ0) is 10.7. The molecule has 1 atom stereocenters. The number of halogens is 1. The first-order chi connectivity index (χ1) is 7.31. The highest BCUT2D eigenvalue weighted by Gasteiger charge is 2.15. The number of pyridine rings is 1. The molecule has 1 N–H and O–H groups in total. The van der Waals surface area contributed by atoms with Crippen LogP contribution in [0.1, 0.15) is 17.3 Å². The van der Waals surface area contributed by atoms with E-state index in [0.717, 1.165) is 11.3 Å². The Morgan fingerprint density at radius 3 is 2.93 bits per heavy atom. The van der Waals surface area contributed by atoms with Crippen LogP contribution in [0, 0.1) is 5.82 Å². The number of nitrogens with one attached hydrogen (secondary N) is 1. The van der Waals surface area contributed by atoms with Gasteiger partial charge in [-0.2, -0.15) is 0 Å². The van der Waals surface area contributed by atoms with Crippen molar-refractivity contribution >= 4 is 11.5 Å². The SMILES string of the molecule is CNC(c1cncc(F)c1)c1csnn1. The van der Waals surface area contributed by atoms with Crippen LogP contribution in [0.15, 0.2) is 23.8 Å². The largest absolute Gasteiger partial charge is 0.308 e. The van der Waals surface area contributed by atoms with Gasteiger partial charge in [0.1, 0.15) is 5.82 Å².